The van der Waals surface area contributed by atoms with Gasteiger partial charge in [0.25, 0.3) is 0 Å². The first-order valence-corrected chi connectivity index (χ1v) is 20.0. The van der Waals surface area contributed by atoms with E-state index in [2.05, 4.69) is 43.0 Å². The number of carbonyl (C=O) groups excluding carboxylic acids is 1. The van der Waals surface area contributed by atoms with E-state index in [1.807, 2.05) is 56.2 Å². The second-order valence-electron chi connectivity index (χ2n) is 17.4. The molecule has 0 saturated carbocycles. The van der Waals surface area contributed by atoms with Crippen LogP contribution >= 0.6 is 11.6 Å². The summed E-state index contributed by atoms with van der Waals surface area (Å²) in [6.07, 6.45) is 7.15. The number of nitriles is 1. The summed E-state index contributed by atoms with van der Waals surface area (Å²) >= 11 is 7.25. The van der Waals surface area contributed by atoms with E-state index in [1.165, 1.54) is 0 Å². The van der Waals surface area contributed by atoms with Gasteiger partial charge in [-0.15, -0.1) is 0 Å². The Hall–Kier alpha value is -4.51. The Morgan fingerprint density at radius 1 is 1.09 bits per heavy atom. The molecule has 5 aromatic rings. The fraction of sp³-hybridized carbons (Fsp3) is 0.548. The summed E-state index contributed by atoms with van der Waals surface area (Å²) < 4.78 is 33.5. The number of aromatic nitrogens is 5. The van der Waals surface area contributed by atoms with E-state index >= 15 is 4.39 Å². The number of piperidine rings is 1. The van der Waals surface area contributed by atoms with Crippen molar-refractivity contribution in [3.05, 3.63) is 46.5 Å². The van der Waals surface area contributed by atoms with Crippen molar-refractivity contribution in [2.75, 3.05) is 45.2 Å². The molecule has 3 saturated heterocycles. The van der Waals surface area contributed by atoms with Gasteiger partial charge in [0.1, 0.15) is 16.9 Å². The van der Waals surface area contributed by atoms with Crippen LogP contribution in [0.2, 0.25) is 5.02 Å². The van der Waals surface area contributed by atoms with Crippen LogP contribution in [0.4, 0.5) is 15.0 Å². The number of nitrogens with zero attached hydrogens (tertiary/aromatic N) is 9. The van der Waals surface area contributed by atoms with Crippen molar-refractivity contribution in [1.29, 1.82) is 5.26 Å². The third kappa shape index (κ3) is 6.43. The molecule has 0 spiro atoms. The number of amides is 1. The normalized spacial score (nSPS) is 21.6. The largest absolute Gasteiger partial charge is 0.444 e. The maximum atomic E-state index is 17.8. The first-order chi connectivity index (χ1) is 26.6. The van der Waals surface area contributed by atoms with Gasteiger partial charge in [0.05, 0.1) is 63.9 Å². The first-order valence-electron chi connectivity index (χ1n) is 19.7. The fourth-order valence-electron chi connectivity index (χ4n) is 8.82. The van der Waals surface area contributed by atoms with E-state index in [1.54, 1.807) is 11.1 Å². The van der Waals surface area contributed by atoms with Gasteiger partial charge in [0.15, 0.2) is 12.0 Å². The van der Waals surface area contributed by atoms with Gasteiger partial charge in [-0.1, -0.05) is 11.6 Å². The minimum Gasteiger partial charge on any atom is -0.444 e. The number of fused-ring (bicyclic) bond motifs is 4. The van der Waals surface area contributed by atoms with Gasteiger partial charge >= 0.3 is 6.09 Å². The summed E-state index contributed by atoms with van der Waals surface area (Å²) in [5.74, 6) is 0.163. The third-order valence-electron chi connectivity index (χ3n) is 12.2. The maximum absolute atomic E-state index is 17.8. The number of rotatable bonds is 6. The number of likely N-dealkylation sites (N-methyl/N-ethyl adjacent to an activating group) is 1. The molecular formula is C42H51ClFN9O3. The SMILES string of the molecule is Cc1cc2c(cnn2C2CCCCO2)c(-c2c(Cl)cc3c(nc(N4CC(C)(N(C)C)C4)c4cnn([C@H]5CCN(C(=O)OC(C)(C)C)[C@H](CC#N)C5)c43)c2F)c1C. The van der Waals surface area contributed by atoms with E-state index in [-0.39, 0.29) is 40.8 Å². The molecule has 3 aromatic heterocycles. The number of anilines is 1. The lowest BCUT2D eigenvalue weighted by Gasteiger charge is -2.52. The molecule has 1 unspecified atom stereocenters. The quantitative estimate of drug-likeness (QED) is 0.167. The highest BCUT2D eigenvalue weighted by atomic mass is 35.5. The number of aryl methyl sites for hydroxylation is 1. The van der Waals surface area contributed by atoms with Crippen LogP contribution in [0.1, 0.15) is 89.6 Å². The molecule has 3 fully saturated rings. The zero-order valence-electron chi connectivity index (χ0n) is 33.6. The fourth-order valence-corrected chi connectivity index (χ4v) is 9.10. The van der Waals surface area contributed by atoms with Crippen LogP contribution in [0.15, 0.2) is 24.5 Å². The Bertz CT molecular complexity index is 2400. The molecule has 296 valence electrons. The topological polar surface area (TPSA) is 118 Å². The van der Waals surface area contributed by atoms with Crippen LogP contribution in [0.3, 0.4) is 0 Å². The zero-order chi connectivity index (χ0) is 39.8. The number of benzene rings is 2. The number of ether oxygens (including phenoxy) is 2. The van der Waals surface area contributed by atoms with Gasteiger partial charge in [-0.25, -0.2) is 18.9 Å². The van der Waals surface area contributed by atoms with Crippen LogP contribution < -0.4 is 4.90 Å². The van der Waals surface area contributed by atoms with Crippen molar-refractivity contribution in [1.82, 2.24) is 34.3 Å². The zero-order valence-corrected chi connectivity index (χ0v) is 34.4. The predicted molar refractivity (Wildman–Crippen MR) is 217 cm³/mol. The Morgan fingerprint density at radius 2 is 1.82 bits per heavy atom. The maximum Gasteiger partial charge on any atom is 0.410 e. The molecule has 0 bridgehead atoms. The molecule has 6 heterocycles. The molecule has 8 rings (SSSR count). The summed E-state index contributed by atoms with van der Waals surface area (Å²) in [5, 5.41) is 22.0. The molecule has 0 aliphatic carbocycles. The molecular weight excluding hydrogens is 733 g/mol. The molecule has 56 heavy (non-hydrogen) atoms. The minimum absolute atomic E-state index is 0.0752. The van der Waals surface area contributed by atoms with E-state index in [9.17, 15) is 10.1 Å². The first kappa shape index (κ1) is 38.4. The van der Waals surface area contributed by atoms with E-state index in [0.717, 1.165) is 52.2 Å². The Labute approximate surface area is 332 Å². The second kappa shape index (κ2) is 14.1. The van der Waals surface area contributed by atoms with Crippen molar-refractivity contribution in [2.24, 2.45) is 0 Å². The average Bonchev–Trinajstić information content (AvgIpc) is 3.77. The monoisotopic (exact) mass is 783 g/mol. The third-order valence-corrected chi connectivity index (χ3v) is 12.5. The second-order valence-corrected chi connectivity index (χ2v) is 17.8. The van der Waals surface area contributed by atoms with Crippen LogP contribution in [0, 0.1) is 31.0 Å². The number of carbonyl (C=O) groups is 1. The van der Waals surface area contributed by atoms with Gasteiger partial charge in [-0.05, 0) is 111 Å². The standard InChI is InChI=1S/C42H51ClFN9O3/c1-24-17-32-29(20-47-53(32)33-11-9-10-16-55-33)34(25(24)2)35-31(43)19-28-37(36(35)44)48-39(50-22-42(6,23-50)49(7)8)30-21-46-52(38(28)30)27-13-15-51(26(18-27)12-14-45)40(54)56-41(3,4)5/h17,19-21,26-27,33H,9-13,15-16,18,22-23H2,1-8H3/t26-,27+,33?/m1/s1. The van der Waals surface area contributed by atoms with Crippen LogP contribution in [-0.4, -0.2) is 98.0 Å². The Balaban J connectivity index is 1.29. The summed E-state index contributed by atoms with van der Waals surface area (Å²) in [6, 6.07) is 5.64. The summed E-state index contributed by atoms with van der Waals surface area (Å²) in [4.78, 5) is 24.5. The van der Waals surface area contributed by atoms with Crippen LogP contribution in [-0.2, 0) is 9.47 Å². The molecule has 12 nitrogen and oxygen atoms in total. The molecule has 0 radical (unpaired) electrons. The van der Waals surface area contributed by atoms with Gasteiger partial charge in [0.2, 0.25) is 0 Å². The highest BCUT2D eigenvalue weighted by Gasteiger charge is 2.43. The number of halogens is 2. The van der Waals surface area contributed by atoms with Crippen LogP contribution in [0.5, 0.6) is 0 Å². The summed E-state index contributed by atoms with van der Waals surface area (Å²) in [7, 11) is 4.14. The number of hydrogen-bond acceptors (Lipinski definition) is 9. The lowest BCUT2D eigenvalue weighted by molar-refractivity contribution is -0.0366. The minimum atomic E-state index is -0.666. The van der Waals surface area contributed by atoms with Gasteiger partial charge in [-0.3, -0.25) is 4.68 Å². The average molecular weight is 784 g/mol. The van der Waals surface area contributed by atoms with Gasteiger partial charge in [-0.2, -0.15) is 15.5 Å². The number of pyridine rings is 1. The molecule has 0 N–H and O–H groups in total. The highest BCUT2D eigenvalue weighted by Crippen LogP contribution is 2.46. The van der Waals surface area contributed by atoms with Gasteiger partial charge in [0, 0.05) is 48.1 Å². The van der Waals surface area contributed by atoms with Crippen molar-refractivity contribution in [3.63, 3.8) is 0 Å². The lowest BCUT2D eigenvalue weighted by atomic mass is 9.90. The van der Waals surface area contributed by atoms with Crippen molar-refractivity contribution in [3.8, 4) is 17.2 Å². The Morgan fingerprint density at radius 3 is 2.50 bits per heavy atom. The van der Waals surface area contributed by atoms with Crippen LogP contribution in [0.25, 0.3) is 43.8 Å². The number of likely N-dealkylation sites (tertiary alicyclic amines) is 1. The smallest absolute Gasteiger partial charge is 0.410 e. The molecule has 3 atom stereocenters. The van der Waals surface area contributed by atoms with Crippen molar-refractivity contribution < 1.29 is 18.7 Å². The molecule has 1 amide bonds. The summed E-state index contributed by atoms with van der Waals surface area (Å²) in [5.41, 5.74) is 3.98. The van der Waals surface area contributed by atoms with Gasteiger partial charge < -0.3 is 24.2 Å². The highest BCUT2D eigenvalue weighted by molar-refractivity contribution is 6.35. The van der Waals surface area contributed by atoms with Crippen molar-refractivity contribution in [2.45, 2.75) is 110 Å². The van der Waals surface area contributed by atoms with E-state index in [4.69, 9.17) is 36.3 Å². The van der Waals surface area contributed by atoms with E-state index < -0.39 is 17.5 Å². The lowest BCUT2D eigenvalue weighted by Crippen LogP contribution is -2.67. The molecule has 2 aromatic carbocycles. The molecule has 3 aliphatic heterocycles. The number of hydrogen-bond donors (Lipinski definition) is 0. The van der Waals surface area contributed by atoms with E-state index in [0.29, 0.717) is 61.4 Å². The molecule has 14 heteroatoms. The predicted octanol–water partition coefficient (Wildman–Crippen LogP) is 8.70. The molecule has 3 aliphatic rings. The Kier molecular flexibility index (Phi) is 9.69. The summed E-state index contributed by atoms with van der Waals surface area (Å²) in [6.45, 7) is 14.2. The van der Waals surface area contributed by atoms with Crippen molar-refractivity contribution >= 4 is 56.2 Å².